The summed E-state index contributed by atoms with van der Waals surface area (Å²) in [7, 11) is 0. The van der Waals surface area contributed by atoms with Crippen LogP contribution in [0.4, 0.5) is 4.39 Å². The highest BCUT2D eigenvalue weighted by atomic mass is 19.1. The van der Waals surface area contributed by atoms with E-state index in [9.17, 15) is 9.18 Å². The first-order valence-electron chi connectivity index (χ1n) is 7.48. The van der Waals surface area contributed by atoms with Gasteiger partial charge in [-0.3, -0.25) is 9.69 Å². The number of nitrogens with zero attached hydrogens (tertiary/aromatic N) is 1. The normalized spacial score (nSPS) is 23.6. The van der Waals surface area contributed by atoms with E-state index in [4.69, 9.17) is 0 Å². The maximum absolute atomic E-state index is 13.7. The third kappa shape index (κ3) is 3.37. The van der Waals surface area contributed by atoms with Crippen LogP contribution in [0.3, 0.4) is 0 Å². The van der Waals surface area contributed by atoms with E-state index in [-0.39, 0.29) is 23.7 Å². The minimum atomic E-state index is -0.142. The van der Waals surface area contributed by atoms with Gasteiger partial charge in [-0.15, -0.1) is 0 Å². The monoisotopic (exact) mass is 276 g/mol. The average molecular weight is 276 g/mol. The molecular formula is C16H21FN2O. The number of likely N-dealkylation sites (tertiary alicyclic amines) is 1. The smallest absolute Gasteiger partial charge is 0.223 e. The SMILES string of the molecule is O=C(NC1CCCN(Cc2ccccc2F)C1)C1CC1. The van der Waals surface area contributed by atoms with Crippen LogP contribution in [-0.4, -0.2) is 29.9 Å². The Bertz CT molecular complexity index is 487. The van der Waals surface area contributed by atoms with Gasteiger partial charge in [-0.1, -0.05) is 18.2 Å². The summed E-state index contributed by atoms with van der Waals surface area (Å²) in [4.78, 5) is 14.0. The van der Waals surface area contributed by atoms with Crippen LogP contribution in [0.5, 0.6) is 0 Å². The van der Waals surface area contributed by atoms with Gasteiger partial charge in [0.1, 0.15) is 5.82 Å². The summed E-state index contributed by atoms with van der Waals surface area (Å²) in [6.07, 6.45) is 4.17. The molecule has 1 aromatic carbocycles. The van der Waals surface area contributed by atoms with Gasteiger partial charge in [-0.25, -0.2) is 4.39 Å². The van der Waals surface area contributed by atoms with Gasteiger partial charge in [-0.05, 0) is 38.3 Å². The summed E-state index contributed by atoms with van der Waals surface area (Å²) < 4.78 is 13.7. The van der Waals surface area contributed by atoms with E-state index in [1.165, 1.54) is 6.07 Å². The lowest BCUT2D eigenvalue weighted by Crippen LogP contribution is -2.47. The molecule has 1 unspecified atom stereocenters. The molecule has 1 N–H and O–H groups in total. The fourth-order valence-corrected chi connectivity index (χ4v) is 2.85. The maximum Gasteiger partial charge on any atom is 0.223 e. The number of nitrogens with one attached hydrogen (secondary N) is 1. The van der Waals surface area contributed by atoms with Crippen LogP contribution in [0.25, 0.3) is 0 Å². The van der Waals surface area contributed by atoms with Gasteiger partial charge in [0.05, 0.1) is 0 Å². The molecule has 108 valence electrons. The molecule has 4 heteroatoms. The van der Waals surface area contributed by atoms with Crippen molar-refractivity contribution in [3.8, 4) is 0 Å². The van der Waals surface area contributed by atoms with Crippen LogP contribution in [0, 0.1) is 11.7 Å². The first kappa shape index (κ1) is 13.6. The van der Waals surface area contributed by atoms with Crippen molar-refractivity contribution in [2.45, 2.75) is 38.3 Å². The number of amides is 1. The Labute approximate surface area is 119 Å². The quantitative estimate of drug-likeness (QED) is 0.915. The summed E-state index contributed by atoms with van der Waals surface area (Å²) in [6, 6.07) is 7.15. The number of halogens is 1. The standard InChI is InChI=1S/C16H21FN2O/c17-15-6-2-1-4-13(15)10-19-9-3-5-14(11-19)18-16(20)12-7-8-12/h1-2,4,6,12,14H,3,5,7-11H2,(H,18,20). The number of benzene rings is 1. The second-order valence-electron chi connectivity index (χ2n) is 5.95. The third-order valence-electron chi connectivity index (χ3n) is 4.15. The van der Waals surface area contributed by atoms with Crippen molar-refractivity contribution in [2.75, 3.05) is 13.1 Å². The van der Waals surface area contributed by atoms with Crippen LogP contribution in [0.1, 0.15) is 31.2 Å². The molecule has 20 heavy (non-hydrogen) atoms. The first-order valence-corrected chi connectivity index (χ1v) is 7.48. The summed E-state index contributed by atoms with van der Waals surface area (Å²) >= 11 is 0. The van der Waals surface area contributed by atoms with Crippen LogP contribution < -0.4 is 5.32 Å². The fourth-order valence-electron chi connectivity index (χ4n) is 2.85. The molecule has 1 heterocycles. The zero-order valence-electron chi connectivity index (χ0n) is 11.6. The predicted molar refractivity (Wildman–Crippen MR) is 75.6 cm³/mol. The van der Waals surface area contributed by atoms with Gasteiger partial charge in [0.15, 0.2) is 0 Å². The lowest BCUT2D eigenvalue weighted by atomic mass is 10.0. The van der Waals surface area contributed by atoms with Crippen LogP contribution in [0.2, 0.25) is 0 Å². The Hall–Kier alpha value is -1.42. The van der Waals surface area contributed by atoms with Crippen molar-refractivity contribution in [1.82, 2.24) is 10.2 Å². The third-order valence-corrected chi connectivity index (χ3v) is 4.15. The van der Waals surface area contributed by atoms with E-state index in [0.29, 0.717) is 6.54 Å². The average Bonchev–Trinajstić information content (AvgIpc) is 3.26. The van der Waals surface area contributed by atoms with Crippen molar-refractivity contribution < 1.29 is 9.18 Å². The van der Waals surface area contributed by atoms with Gasteiger partial charge < -0.3 is 5.32 Å². The topological polar surface area (TPSA) is 32.3 Å². The molecule has 2 fully saturated rings. The Morgan fingerprint density at radius 3 is 2.85 bits per heavy atom. The van der Waals surface area contributed by atoms with Crippen molar-refractivity contribution in [1.29, 1.82) is 0 Å². The molecular weight excluding hydrogens is 255 g/mol. The minimum Gasteiger partial charge on any atom is -0.352 e. The summed E-state index contributed by atoms with van der Waals surface area (Å²) in [5.74, 6) is 0.330. The number of rotatable bonds is 4. The predicted octanol–water partition coefficient (Wildman–Crippen LogP) is 2.32. The zero-order valence-corrected chi connectivity index (χ0v) is 11.6. The summed E-state index contributed by atoms with van der Waals surface area (Å²) in [5, 5.41) is 3.14. The lowest BCUT2D eigenvalue weighted by molar-refractivity contribution is -0.123. The molecule has 2 aliphatic rings. The van der Waals surface area contributed by atoms with E-state index in [1.54, 1.807) is 6.07 Å². The molecule has 1 aliphatic heterocycles. The Balaban J connectivity index is 1.55. The van der Waals surface area contributed by atoms with Gasteiger partial charge >= 0.3 is 0 Å². The number of hydrogen-bond acceptors (Lipinski definition) is 2. The van der Waals surface area contributed by atoms with Crippen LogP contribution >= 0.6 is 0 Å². The van der Waals surface area contributed by atoms with Crippen LogP contribution in [-0.2, 0) is 11.3 Å². The highest BCUT2D eigenvalue weighted by Crippen LogP contribution is 2.29. The van der Waals surface area contributed by atoms with Gasteiger partial charge in [-0.2, -0.15) is 0 Å². The highest BCUT2D eigenvalue weighted by molar-refractivity contribution is 5.81. The molecule has 1 aromatic rings. The molecule has 0 radical (unpaired) electrons. The number of hydrogen-bond donors (Lipinski definition) is 1. The van der Waals surface area contributed by atoms with E-state index in [0.717, 1.165) is 44.3 Å². The largest absolute Gasteiger partial charge is 0.352 e. The van der Waals surface area contributed by atoms with E-state index < -0.39 is 0 Å². The Morgan fingerprint density at radius 1 is 1.30 bits per heavy atom. The molecule has 3 rings (SSSR count). The molecule has 1 atom stereocenters. The highest BCUT2D eigenvalue weighted by Gasteiger charge is 2.32. The van der Waals surface area contributed by atoms with Crippen molar-refractivity contribution in [2.24, 2.45) is 5.92 Å². The molecule has 0 bridgehead atoms. The Kier molecular flexibility index (Phi) is 4.01. The number of carbonyl (C=O) groups excluding carboxylic acids is 1. The van der Waals surface area contributed by atoms with Crippen molar-refractivity contribution >= 4 is 5.91 Å². The van der Waals surface area contributed by atoms with Crippen molar-refractivity contribution in [3.05, 3.63) is 35.6 Å². The second kappa shape index (κ2) is 5.92. The van der Waals surface area contributed by atoms with Crippen LogP contribution in [0.15, 0.2) is 24.3 Å². The molecule has 1 saturated carbocycles. The first-order chi connectivity index (χ1) is 9.72. The molecule has 0 aromatic heterocycles. The minimum absolute atomic E-state index is 0.142. The zero-order chi connectivity index (χ0) is 13.9. The van der Waals surface area contributed by atoms with Gasteiger partial charge in [0.25, 0.3) is 0 Å². The maximum atomic E-state index is 13.7. The molecule has 0 spiro atoms. The molecule has 3 nitrogen and oxygen atoms in total. The fraction of sp³-hybridized carbons (Fsp3) is 0.562. The molecule has 1 aliphatic carbocycles. The second-order valence-corrected chi connectivity index (χ2v) is 5.95. The van der Waals surface area contributed by atoms with E-state index in [2.05, 4.69) is 10.2 Å². The van der Waals surface area contributed by atoms with E-state index >= 15 is 0 Å². The summed E-state index contributed by atoms with van der Waals surface area (Å²) in [6.45, 7) is 2.43. The van der Waals surface area contributed by atoms with Crippen molar-refractivity contribution in [3.63, 3.8) is 0 Å². The van der Waals surface area contributed by atoms with E-state index in [1.807, 2.05) is 12.1 Å². The number of piperidine rings is 1. The lowest BCUT2D eigenvalue weighted by Gasteiger charge is -2.33. The Morgan fingerprint density at radius 2 is 2.10 bits per heavy atom. The summed E-state index contributed by atoms with van der Waals surface area (Å²) in [5.41, 5.74) is 0.738. The number of carbonyl (C=O) groups is 1. The molecule has 1 saturated heterocycles. The van der Waals surface area contributed by atoms with Gasteiger partial charge in [0, 0.05) is 30.6 Å². The molecule has 1 amide bonds. The van der Waals surface area contributed by atoms with Gasteiger partial charge in [0.2, 0.25) is 5.91 Å².